The van der Waals surface area contributed by atoms with Gasteiger partial charge in [-0.25, -0.2) is 4.68 Å². The SMILES string of the molecule is Cc1ccc(-n2nc3c(c2NC(=O)COc2ccc(Cl)cc2Cl)CSC3)cc1C. The van der Waals surface area contributed by atoms with Crippen LogP contribution in [0.4, 0.5) is 5.82 Å². The van der Waals surface area contributed by atoms with Crippen molar-refractivity contribution >= 4 is 46.7 Å². The third-order valence-corrected chi connectivity index (χ3v) is 6.30. The van der Waals surface area contributed by atoms with Crippen molar-refractivity contribution in [3.05, 3.63) is 68.8 Å². The van der Waals surface area contributed by atoms with Gasteiger partial charge in [0, 0.05) is 22.1 Å². The Morgan fingerprint density at radius 3 is 2.76 bits per heavy atom. The number of halogens is 2. The van der Waals surface area contributed by atoms with E-state index < -0.39 is 0 Å². The van der Waals surface area contributed by atoms with Crippen LogP contribution in [0.1, 0.15) is 22.4 Å². The van der Waals surface area contributed by atoms with Crippen LogP contribution in [0.2, 0.25) is 10.0 Å². The maximum Gasteiger partial charge on any atom is 0.263 e. The highest BCUT2D eigenvalue weighted by atomic mass is 35.5. The van der Waals surface area contributed by atoms with Crippen molar-refractivity contribution in [2.75, 3.05) is 11.9 Å². The number of benzene rings is 2. The maximum atomic E-state index is 12.6. The van der Waals surface area contributed by atoms with E-state index in [4.69, 9.17) is 33.0 Å². The van der Waals surface area contributed by atoms with Crippen molar-refractivity contribution in [3.8, 4) is 11.4 Å². The van der Waals surface area contributed by atoms with Crippen molar-refractivity contribution in [1.82, 2.24) is 9.78 Å². The van der Waals surface area contributed by atoms with E-state index in [1.807, 2.05) is 10.7 Å². The average molecular weight is 448 g/mol. The molecule has 2 heterocycles. The van der Waals surface area contributed by atoms with E-state index in [2.05, 4.69) is 31.3 Å². The summed E-state index contributed by atoms with van der Waals surface area (Å²) in [5.74, 6) is 2.49. The number of carbonyl (C=O) groups excluding carboxylic acids is 1. The predicted octanol–water partition coefficient (Wildman–Crippen LogP) is 5.56. The number of thioether (sulfide) groups is 1. The summed E-state index contributed by atoms with van der Waals surface area (Å²) < 4.78 is 7.37. The molecule has 0 radical (unpaired) electrons. The van der Waals surface area contributed by atoms with Crippen molar-refractivity contribution in [2.45, 2.75) is 25.4 Å². The Labute approximate surface area is 183 Å². The molecular weight excluding hydrogens is 429 g/mol. The first-order valence-electron chi connectivity index (χ1n) is 9.06. The van der Waals surface area contributed by atoms with Crippen LogP contribution in [0.15, 0.2) is 36.4 Å². The predicted molar refractivity (Wildman–Crippen MR) is 119 cm³/mol. The zero-order valence-electron chi connectivity index (χ0n) is 16.0. The second-order valence-corrected chi connectivity index (χ2v) is 8.69. The van der Waals surface area contributed by atoms with Gasteiger partial charge < -0.3 is 10.1 Å². The molecule has 0 spiro atoms. The Hall–Kier alpha value is -2.15. The average Bonchev–Trinajstić information content (AvgIpc) is 3.26. The third-order valence-electron chi connectivity index (χ3n) is 4.80. The fourth-order valence-corrected chi connectivity index (χ4v) is 4.59. The van der Waals surface area contributed by atoms with E-state index in [-0.39, 0.29) is 12.5 Å². The summed E-state index contributed by atoms with van der Waals surface area (Å²) in [5.41, 5.74) is 5.37. The molecule has 29 heavy (non-hydrogen) atoms. The van der Waals surface area contributed by atoms with Gasteiger partial charge in [0.1, 0.15) is 11.6 Å². The fourth-order valence-electron chi connectivity index (χ4n) is 3.09. The summed E-state index contributed by atoms with van der Waals surface area (Å²) in [6.07, 6.45) is 0. The number of hydrogen-bond donors (Lipinski definition) is 1. The lowest BCUT2D eigenvalue weighted by molar-refractivity contribution is -0.118. The number of rotatable bonds is 5. The van der Waals surface area contributed by atoms with Crippen molar-refractivity contribution in [1.29, 1.82) is 0 Å². The summed E-state index contributed by atoms with van der Waals surface area (Å²) >= 11 is 13.8. The molecule has 2 aromatic carbocycles. The van der Waals surface area contributed by atoms with Crippen LogP contribution in [0.25, 0.3) is 5.69 Å². The zero-order chi connectivity index (χ0) is 20.5. The third kappa shape index (κ3) is 4.25. The Balaban J connectivity index is 1.56. The Kier molecular flexibility index (Phi) is 5.76. The van der Waals surface area contributed by atoms with Crippen LogP contribution < -0.4 is 10.1 Å². The van der Waals surface area contributed by atoms with Gasteiger partial charge in [-0.1, -0.05) is 29.3 Å². The highest BCUT2D eigenvalue weighted by Crippen LogP contribution is 2.36. The van der Waals surface area contributed by atoms with Crippen LogP contribution in [-0.2, 0) is 16.3 Å². The molecule has 1 aliphatic rings. The van der Waals surface area contributed by atoms with Crippen molar-refractivity contribution in [2.24, 2.45) is 0 Å². The minimum atomic E-state index is -0.277. The van der Waals surface area contributed by atoms with Gasteiger partial charge in [-0.2, -0.15) is 16.9 Å². The molecule has 0 unspecified atom stereocenters. The Morgan fingerprint density at radius 1 is 1.17 bits per heavy atom. The first-order chi connectivity index (χ1) is 13.9. The monoisotopic (exact) mass is 447 g/mol. The number of aryl methyl sites for hydroxylation is 2. The molecule has 0 bridgehead atoms. The number of nitrogens with one attached hydrogen (secondary N) is 1. The maximum absolute atomic E-state index is 12.6. The molecule has 0 fully saturated rings. The molecule has 1 aromatic heterocycles. The van der Waals surface area contributed by atoms with Gasteiger partial charge in [0.05, 0.1) is 16.4 Å². The first-order valence-corrected chi connectivity index (χ1v) is 11.0. The van der Waals surface area contributed by atoms with E-state index in [9.17, 15) is 4.79 Å². The molecule has 0 aliphatic carbocycles. The normalized spacial score (nSPS) is 12.7. The lowest BCUT2D eigenvalue weighted by atomic mass is 10.1. The number of aromatic nitrogens is 2. The standard InChI is InChI=1S/C21H19Cl2N3O2S/c1-12-3-5-15(7-13(12)2)26-21(16-10-29-11-18(16)25-26)24-20(27)9-28-19-6-4-14(22)8-17(19)23/h3-8H,9-11H2,1-2H3,(H,24,27). The van der Waals surface area contributed by atoms with E-state index >= 15 is 0 Å². The van der Waals surface area contributed by atoms with Gasteiger partial charge in [0.25, 0.3) is 5.91 Å². The molecule has 5 nitrogen and oxygen atoms in total. The smallest absolute Gasteiger partial charge is 0.263 e. The lowest BCUT2D eigenvalue weighted by Gasteiger charge is -2.13. The minimum Gasteiger partial charge on any atom is -0.482 e. The fraction of sp³-hybridized carbons (Fsp3) is 0.238. The van der Waals surface area contributed by atoms with Crippen molar-refractivity contribution in [3.63, 3.8) is 0 Å². The number of carbonyl (C=O) groups is 1. The number of anilines is 1. The van der Waals surface area contributed by atoms with Crippen LogP contribution in [0.5, 0.6) is 5.75 Å². The van der Waals surface area contributed by atoms with Gasteiger partial charge in [-0.3, -0.25) is 4.79 Å². The number of amides is 1. The zero-order valence-corrected chi connectivity index (χ0v) is 18.3. The van der Waals surface area contributed by atoms with Gasteiger partial charge >= 0.3 is 0 Å². The second kappa shape index (κ2) is 8.30. The molecule has 0 atom stereocenters. The summed E-state index contributed by atoms with van der Waals surface area (Å²) in [5, 5.41) is 8.58. The van der Waals surface area contributed by atoms with E-state index in [0.29, 0.717) is 21.6 Å². The molecule has 8 heteroatoms. The van der Waals surface area contributed by atoms with Gasteiger partial charge in [0.15, 0.2) is 6.61 Å². The first kappa shape index (κ1) is 20.1. The van der Waals surface area contributed by atoms with Crippen LogP contribution in [0, 0.1) is 13.8 Å². The summed E-state index contributed by atoms with van der Waals surface area (Å²) in [6, 6.07) is 11.0. The minimum absolute atomic E-state index is 0.165. The van der Waals surface area contributed by atoms with Crippen LogP contribution in [0.3, 0.4) is 0 Å². The molecule has 1 N–H and O–H groups in total. The lowest BCUT2D eigenvalue weighted by Crippen LogP contribution is -2.22. The van der Waals surface area contributed by atoms with E-state index in [1.54, 1.807) is 30.0 Å². The van der Waals surface area contributed by atoms with Crippen molar-refractivity contribution < 1.29 is 9.53 Å². The number of fused-ring (bicyclic) bond motifs is 1. The Morgan fingerprint density at radius 2 is 2.00 bits per heavy atom. The van der Waals surface area contributed by atoms with Crippen LogP contribution >= 0.6 is 35.0 Å². The number of hydrogen-bond acceptors (Lipinski definition) is 4. The molecule has 1 amide bonds. The number of nitrogens with zero attached hydrogens (tertiary/aromatic N) is 2. The molecule has 3 aromatic rings. The quantitative estimate of drug-likeness (QED) is 0.555. The molecular formula is C21H19Cl2N3O2S. The van der Waals surface area contributed by atoms with Gasteiger partial charge in [-0.05, 0) is 55.3 Å². The summed E-state index contributed by atoms with van der Waals surface area (Å²) in [6.45, 7) is 3.97. The highest BCUT2D eigenvalue weighted by Gasteiger charge is 2.25. The Bertz CT molecular complexity index is 1100. The molecule has 150 valence electrons. The number of ether oxygens (including phenoxy) is 1. The van der Waals surface area contributed by atoms with Gasteiger partial charge in [0.2, 0.25) is 0 Å². The van der Waals surface area contributed by atoms with E-state index in [0.717, 1.165) is 28.5 Å². The second-order valence-electron chi connectivity index (χ2n) is 6.86. The van der Waals surface area contributed by atoms with Crippen LogP contribution in [-0.4, -0.2) is 22.3 Å². The summed E-state index contributed by atoms with van der Waals surface area (Å²) in [4.78, 5) is 12.6. The molecule has 4 rings (SSSR count). The molecule has 0 saturated heterocycles. The van der Waals surface area contributed by atoms with E-state index in [1.165, 1.54) is 11.1 Å². The largest absolute Gasteiger partial charge is 0.482 e. The highest BCUT2D eigenvalue weighted by molar-refractivity contribution is 7.98. The van der Waals surface area contributed by atoms with Gasteiger partial charge in [-0.15, -0.1) is 0 Å². The molecule has 0 saturated carbocycles. The molecule has 1 aliphatic heterocycles. The topological polar surface area (TPSA) is 56.2 Å². The summed E-state index contributed by atoms with van der Waals surface area (Å²) in [7, 11) is 0.